The standard InChI is InChI=1S/C15H13IN2O2S3/c1-10-14(22-15(18-10)13-3-2-8-21-13)9-17-23(19,20)12-6-4-11(16)5-7-12/h2-8,17H,9H2,1H3. The van der Waals surface area contributed by atoms with Crippen molar-refractivity contribution in [2.75, 3.05) is 0 Å². The number of hydrogen-bond donors (Lipinski definition) is 1. The number of thiazole rings is 1. The number of nitrogens with zero attached hydrogens (tertiary/aromatic N) is 1. The van der Waals surface area contributed by atoms with Crippen LogP contribution in [0.15, 0.2) is 46.7 Å². The molecule has 8 heteroatoms. The van der Waals surface area contributed by atoms with E-state index in [-0.39, 0.29) is 11.4 Å². The summed E-state index contributed by atoms with van der Waals surface area (Å²) in [5, 5.41) is 2.94. The first-order valence-electron chi connectivity index (χ1n) is 6.71. The molecule has 0 amide bonds. The number of aryl methyl sites for hydroxylation is 1. The van der Waals surface area contributed by atoms with Crippen molar-refractivity contribution in [1.82, 2.24) is 9.71 Å². The predicted octanol–water partition coefficient (Wildman–Crippen LogP) is 4.26. The molecular formula is C15H13IN2O2S3. The molecule has 120 valence electrons. The maximum Gasteiger partial charge on any atom is 0.240 e. The number of aromatic nitrogens is 1. The molecule has 0 fully saturated rings. The van der Waals surface area contributed by atoms with E-state index < -0.39 is 10.0 Å². The molecule has 1 N–H and O–H groups in total. The van der Waals surface area contributed by atoms with Crippen LogP contribution in [0.25, 0.3) is 9.88 Å². The van der Waals surface area contributed by atoms with Crippen LogP contribution in [0.5, 0.6) is 0 Å². The minimum Gasteiger partial charge on any atom is -0.240 e. The van der Waals surface area contributed by atoms with Gasteiger partial charge in [-0.25, -0.2) is 18.1 Å². The van der Waals surface area contributed by atoms with E-state index >= 15 is 0 Å². The first kappa shape index (κ1) is 17.0. The highest BCUT2D eigenvalue weighted by molar-refractivity contribution is 14.1. The van der Waals surface area contributed by atoms with E-state index in [2.05, 4.69) is 32.3 Å². The van der Waals surface area contributed by atoms with Gasteiger partial charge in [0.05, 0.1) is 15.5 Å². The Morgan fingerprint density at radius 2 is 1.96 bits per heavy atom. The summed E-state index contributed by atoms with van der Waals surface area (Å²) in [6.45, 7) is 2.16. The van der Waals surface area contributed by atoms with Crippen molar-refractivity contribution in [2.45, 2.75) is 18.4 Å². The van der Waals surface area contributed by atoms with Gasteiger partial charge in [-0.2, -0.15) is 0 Å². The Labute approximate surface area is 156 Å². The SMILES string of the molecule is Cc1nc(-c2cccs2)sc1CNS(=O)(=O)c1ccc(I)cc1. The lowest BCUT2D eigenvalue weighted by atomic mass is 10.4. The van der Waals surface area contributed by atoms with Crippen LogP contribution in [0.4, 0.5) is 0 Å². The van der Waals surface area contributed by atoms with Crippen LogP contribution in [-0.4, -0.2) is 13.4 Å². The number of benzene rings is 1. The molecule has 0 spiro atoms. The highest BCUT2D eigenvalue weighted by Gasteiger charge is 2.16. The molecule has 0 saturated heterocycles. The van der Waals surface area contributed by atoms with Crippen molar-refractivity contribution in [2.24, 2.45) is 0 Å². The minimum absolute atomic E-state index is 0.253. The van der Waals surface area contributed by atoms with Crippen molar-refractivity contribution in [3.05, 3.63) is 55.9 Å². The van der Waals surface area contributed by atoms with Crippen LogP contribution in [0.1, 0.15) is 10.6 Å². The van der Waals surface area contributed by atoms with Crippen LogP contribution in [-0.2, 0) is 16.6 Å². The van der Waals surface area contributed by atoms with Gasteiger partial charge in [0.2, 0.25) is 10.0 Å². The summed E-state index contributed by atoms with van der Waals surface area (Å²) in [4.78, 5) is 6.84. The summed E-state index contributed by atoms with van der Waals surface area (Å²) in [5.74, 6) is 0. The van der Waals surface area contributed by atoms with Crippen LogP contribution in [0.3, 0.4) is 0 Å². The Morgan fingerprint density at radius 1 is 1.22 bits per heavy atom. The van der Waals surface area contributed by atoms with E-state index in [0.29, 0.717) is 0 Å². The Morgan fingerprint density at radius 3 is 2.61 bits per heavy atom. The van der Waals surface area contributed by atoms with Gasteiger partial charge < -0.3 is 0 Å². The second kappa shape index (κ2) is 6.98. The zero-order chi connectivity index (χ0) is 16.4. The van der Waals surface area contributed by atoms with Crippen molar-refractivity contribution in [3.63, 3.8) is 0 Å². The smallest absolute Gasteiger partial charge is 0.240 e. The average Bonchev–Trinajstić information content (AvgIpc) is 3.15. The van der Waals surface area contributed by atoms with Gasteiger partial charge in [-0.15, -0.1) is 22.7 Å². The number of thiophene rings is 1. The fourth-order valence-electron chi connectivity index (χ4n) is 1.96. The van der Waals surface area contributed by atoms with Crippen LogP contribution < -0.4 is 4.72 Å². The summed E-state index contributed by atoms with van der Waals surface area (Å²) < 4.78 is 28.3. The molecule has 0 unspecified atom stereocenters. The average molecular weight is 476 g/mol. The molecule has 0 saturated carbocycles. The van der Waals surface area contributed by atoms with E-state index in [0.717, 1.165) is 24.0 Å². The van der Waals surface area contributed by atoms with Crippen LogP contribution in [0.2, 0.25) is 0 Å². The first-order chi connectivity index (χ1) is 11.0. The summed E-state index contributed by atoms with van der Waals surface area (Å²) in [6, 6.07) is 10.8. The van der Waals surface area contributed by atoms with Crippen molar-refractivity contribution >= 4 is 55.3 Å². The quantitative estimate of drug-likeness (QED) is 0.560. The zero-order valence-electron chi connectivity index (χ0n) is 12.1. The zero-order valence-corrected chi connectivity index (χ0v) is 16.7. The fourth-order valence-corrected chi connectivity index (χ4v) is 5.20. The second-order valence-corrected chi connectivity index (χ2v) is 9.83. The minimum atomic E-state index is -3.51. The molecule has 3 aromatic rings. The molecule has 23 heavy (non-hydrogen) atoms. The van der Waals surface area contributed by atoms with E-state index in [1.54, 1.807) is 35.6 Å². The molecule has 1 aromatic carbocycles. The molecule has 2 aromatic heterocycles. The monoisotopic (exact) mass is 476 g/mol. The third kappa shape index (κ3) is 4.00. The topological polar surface area (TPSA) is 59.1 Å². The van der Waals surface area contributed by atoms with Crippen LogP contribution in [0, 0.1) is 10.5 Å². The van der Waals surface area contributed by atoms with Gasteiger partial charge in [0.25, 0.3) is 0 Å². The largest absolute Gasteiger partial charge is 0.240 e. The normalized spacial score (nSPS) is 11.7. The highest BCUT2D eigenvalue weighted by atomic mass is 127. The summed E-state index contributed by atoms with van der Waals surface area (Å²) >= 11 is 5.30. The molecule has 0 atom stereocenters. The van der Waals surface area contributed by atoms with Gasteiger partial charge >= 0.3 is 0 Å². The Balaban J connectivity index is 1.76. The second-order valence-electron chi connectivity index (χ2n) is 4.78. The summed E-state index contributed by atoms with van der Waals surface area (Å²) in [5.41, 5.74) is 0.865. The molecular weight excluding hydrogens is 463 g/mol. The van der Waals surface area contributed by atoms with Gasteiger partial charge in [0, 0.05) is 15.0 Å². The molecule has 0 bridgehead atoms. The molecule has 3 rings (SSSR count). The molecule has 4 nitrogen and oxygen atoms in total. The molecule has 0 aliphatic rings. The lowest BCUT2D eigenvalue weighted by Crippen LogP contribution is -2.23. The summed E-state index contributed by atoms with van der Waals surface area (Å²) in [6.07, 6.45) is 0. The van der Waals surface area contributed by atoms with Crippen LogP contribution >= 0.6 is 45.3 Å². The van der Waals surface area contributed by atoms with E-state index in [4.69, 9.17) is 0 Å². The number of rotatable bonds is 5. The number of hydrogen-bond acceptors (Lipinski definition) is 5. The Kier molecular flexibility index (Phi) is 5.16. The summed E-state index contributed by atoms with van der Waals surface area (Å²) in [7, 11) is -3.51. The number of halogens is 1. The first-order valence-corrected chi connectivity index (χ1v) is 11.0. The fraction of sp³-hybridized carbons (Fsp3) is 0.133. The third-order valence-electron chi connectivity index (χ3n) is 3.17. The lowest BCUT2D eigenvalue weighted by Gasteiger charge is -2.06. The van der Waals surface area contributed by atoms with E-state index in [9.17, 15) is 8.42 Å². The van der Waals surface area contributed by atoms with E-state index in [1.807, 2.05) is 24.4 Å². The van der Waals surface area contributed by atoms with Gasteiger partial charge in [0.1, 0.15) is 5.01 Å². The molecule has 0 aliphatic carbocycles. The van der Waals surface area contributed by atoms with Crippen molar-refractivity contribution in [3.8, 4) is 9.88 Å². The number of sulfonamides is 1. The van der Waals surface area contributed by atoms with E-state index in [1.165, 1.54) is 11.3 Å². The maximum absolute atomic E-state index is 12.3. The van der Waals surface area contributed by atoms with Gasteiger partial charge in [-0.3, -0.25) is 0 Å². The van der Waals surface area contributed by atoms with Crippen molar-refractivity contribution in [1.29, 1.82) is 0 Å². The molecule has 2 heterocycles. The van der Waals surface area contributed by atoms with Gasteiger partial charge in [-0.05, 0) is 65.2 Å². The van der Waals surface area contributed by atoms with Gasteiger partial charge in [0.15, 0.2) is 0 Å². The highest BCUT2D eigenvalue weighted by Crippen LogP contribution is 2.31. The molecule has 0 aliphatic heterocycles. The lowest BCUT2D eigenvalue weighted by molar-refractivity contribution is 0.581. The third-order valence-corrected chi connectivity index (χ3v) is 7.50. The maximum atomic E-state index is 12.3. The Hall–Kier alpha value is -0.810. The Bertz CT molecular complexity index is 901. The van der Waals surface area contributed by atoms with Gasteiger partial charge in [-0.1, -0.05) is 6.07 Å². The predicted molar refractivity (Wildman–Crippen MR) is 103 cm³/mol. The van der Waals surface area contributed by atoms with Crippen molar-refractivity contribution < 1.29 is 8.42 Å². The molecule has 0 radical (unpaired) electrons. The number of nitrogens with one attached hydrogen (secondary N) is 1.